The first-order chi connectivity index (χ1) is 16.0. The van der Waals surface area contributed by atoms with Crippen molar-refractivity contribution in [2.24, 2.45) is 23.7 Å². The van der Waals surface area contributed by atoms with Gasteiger partial charge in [-0.15, -0.1) is 0 Å². The molecule has 5 atom stereocenters. The number of hydrogen-bond acceptors (Lipinski definition) is 6. The Labute approximate surface area is 196 Å². The number of unbranched alkanes of at least 4 members (excludes halogenated alkanes) is 1. The molecule has 0 spiro atoms. The minimum absolute atomic E-state index is 0.0118. The number of benzene rings is 1. The number of nitrogens with zero attached hydrogens (tertiary/aromatic N) is 1. The van der Waals surface area contributed by atoms with Crippen LogP contribution < -0.4 is 4.74 Å². The summed E-state index contributed by atoms with van der Waals surface area (Å²) in [4.78, 5) is 41.1. The Morgan fingerprint density at radius 1 is 1.03 bits per heavy atom. The Hall–Kier alpha value is -2.83. The standard InChI is InChI=1S/C26H35NO6/c1-5-8-16-27-23(17-12-14-18(31-4)15-13-17)22(24(27)28)19-10-9-11-20(25(29)32-6-2)21(19)26(30)33-7-3/h9-10,12-15,19-23H,5-8,11,16H2,1-4H3/t19-,20+,21+,22+,23-/m1/s1. The summed E-state index contributed by atoms with van der Waals surface area (Å²) in [7, 11) is 1.62. The van der Waals surface area contributed by atoms with Gasteiger partial charge in [0.15, 0.2) is 0 Å². The molecular weight excluding hydrogens is 422 g/mol. The highest BCUT2D eigenvalue weighted by molar-refractivity contribution is 5.89. The number of esters is 2. The molecule has 1 aromatic carbocycles. The van der Waals surface area contributed by atoms with Crippen molar-refractivity contribution in [1.82, 2.24) is 4.90 Å². The number of ether oxygens (including phenoxy) is 3. The first-order valence-electron chi connectivity index (χ1n) is 11.9. The van der Waals surface area contributed by atoms with Crippen LogP contribution in [0.15, 0.2) is 36.4 Å². The maximum absolute atomic E-state index is 13.4. The fourth-order valence-corrected chi connectivity index (χ4v) is 5.03. The maximum atomic E-state index is 13.4. The number of allylic oxidation sites excluding steroid dienone is 2. The van der Waals surface area contributed by atoms with Crippen molar-refractivity contribution in [3.8, 4) is 5.75 Å². The van der Waals surface area contributed by atoms with Gasteiger partial charge in [0.2, 0.25) is 5.91 Å². The molecule has 1 aliphatic carbocycles. The van der Waals surface area contributed by atoms with Gasteiger partial charge in [0, 0.05) is 12.5 Å². The van der Waals surface area contributed by atoms with E-state index in [1.54, 1.807) is 21.0 Å². The van der Waals surface area contributed by atoms with Crippen LogP contribution in [-0.2, 0) is 23.9 Å². The molecule has 0 radical (unpaired) electrons. The van der Waals surface area contributed by atoms with Crippen molar-refractivity contribution in [2.75, 3.05) is 26.9 Å². The topological polar surface area (TPSA) is 82.1 Å². The van der Waals surface area contributed by atoms with Crippen molar-refractivity contribution < 1.29 is 28.6 Å². The highest BCUT2D eigenvalue weighted by Gasteiger charge is 2.56. The predicted octanol–water partition coefficient (Wildman–Crippen LogP) is 3.93. The van der Waals surface area contributed by atoms with Gasteiger partial charge in [0.25, 0.3) is 0 Å². The number of rotatable bonds is 10. The average molecular weight is 458 g/mol. The number of likely N-dealkylation sites (tertiary alicyclic amines) is 1. The van der Waals surface area contributed by atoms with Crippen LogP contribution in [0, 0.1) is 23.7 Å². The summed E-state index contributed by atoms with van der Waals surface area (Å²) >= 11 is 0. The highest BCUT2D eigenvalue weighted by Crippen LogP contribution is 2.50. The second-order valence-corrected chi connectivity index (χ2v) is 8.51. The van der Waals surface area contributed by atoms with Crippen molar-refractivity contribution in [1.29, 1.82) is 0 Å². The summed E-state index contributed by atoms with van der Waals surface area (Å²) in [6.45, 7) is 6.69. The molecule has 0 bridgehead atoms. The zero-order valence-electron chi connectivity index (χ0n) is 20.0. The first-order valence-corrected chi connectivity index (χ1v) is 11.9. The van der Waals surface area contributed by atoms with Gasteiger partial charge in [-0.1, -0.05) is 37.6 Å². The van der Waals surface area contributed by atoms with Crippen LogP contribution in [0.4, 0.5) is 0 Å². The lowest BCUT2D eigenvalue weighted by Gasteiger charge is -2.52. The highest BCUT2D eigenvalue weighted by atomic mass is 16.5. The summed E-state index contributed by atoms with van der Waals surface area (Å²) in [5.74, 6) is -2.41. The normalized spacial score (nSPS) is 26.5. The molecule has 180 valence electrons. The Morgan fingerprint density at radius 2 is 1.70 bits per heavy atom. The van der Waals surface area contributed by atoms with Crippen LogP contribution in [-0.4, -0.2) is 49.6 Å². The number of amides is 1. The Bertz CT molecular complexity index is 864. The van der Waals surface area contributed by atoms with E-state index in [1.165, 1.54) is 0 Å². The maximum Gasteiger partial charge on any atom is 0.310 e. The summed E-state index contributed by atoms with van der Waals surface area (Å²) in [5, 5.41) is 0. The Balaban J connectivity index is 1.98. The zero-order chi connectivity index (χ0) is 24.0. The van der Waals surface area contributed by atoms with Crippen LogP contribution >= 0.6 is 0 Å². The number of carbonyl (C=O) groups is 3. The smallest absolute Gasteiger partial charge is 0.310 e. The van der Waals surface area contributed by atoms with Crippen LogP contribution in [0.1, 0.15) is 51.6 Å². The number of β-lactam (4-membered cyclic amide) rings is 1. The fourth-order valence-electron chi connectivity index (χ4n) is 5.03. The van der Waals surface area contributed by atoms with E-state index in [1.807, 2.05) is 41.3 Å². The zero-order valence-corrected chi connectivity index (χ0v) is 20.0. The van der Waals surface area contributed by atoms with Gasteiger partial charge in [-0.05, 0) is 44.4 Å². The van der Waals surface area contributed by atoms with E-state index < -0.39 is 35.6 Å². The van der Waals surface area contributed by atoms with Crippen LogP contribution in [0.25, 0.3) is 0 Å². The van der Waals surface area contributed by atoms with E-state index in [4.69, 9.17) is 14.2 Å². The number of methoxy groups -OCH3 is 1. The molecular formula is C26H35NO6. The molecule has 2 aliphatic rings. The molecule has 1 amide bonds. The molecule has 33 heavy (non-hydrogen) atoms. The van der Waals surface area contributed by atoms with Gasteiger partial charge in [-0.25, -0.2) is 0 Å². The molecule has 1 heterocycles. The van der Waals surface area contributed by atoms with E-state index >= 15 is 0 Å². The van der Waals surface area contributed by atoms with Gasteiger partial charge in [0.05, 0.1) is 44.1 Å². The predicted molar refractivity (Wildman–Crippen MR) is 123 cm³/mol. The summed E-state index contributed by atoms with van der Waals surface area (Å²) in [5.41, 5.74) is 0.991. The SMILES string of the molecule is CCCCN1C(=O)[C@@H]([C@@H]2C=CC[C@H](C(=O)OCC)[C@H]2C(=O)OCC)[C@H]1c1ccc(OC)cc1. The van der Waals surface area contributed by atoms with Crippen LogP contribution in [0.3, 0.4) is 0 Å². The molecule has 1 saturated heterocycles. The fraction of sp³-hybridized carbons (Fsp3) is 0.577. The molecule has 0 unspecified atom stereocenters. The van der Waals surface area contributed by atoms with Crippen molar-refractivity contribution in [2.45, 2.75) is 46.1 Å². The summed E-state index contributed by atoms with van der Waals surface area (Å²) in [6, 6.07) is 7.53. The monoisotopic (exact) mass is 457 g/mol. The molecule has 0 saturated carbocycles. The molecule has 7 heteroatoms. The van der Waals surface area contributed by atoms with Crippen molar-refractivity contribution >= 4 is 17.8 Å². The minimum atomic E-state index is -0.753. The molecule has 1 aromatic rings. The molecule has 0 aromatic heterocycles. The van der Waals surface area contributed by atoms with Crippen LogP contribution in [0.2, 0.25) is 0 Å². The third kappa shape index (κ3) is 5.07. The third-order valence-corrected chi connectivity index (χ3v) is 6.61. The Morgan fingerprint density at radius 3 is 2.30 bits per heavy atom. The molecule has 3 rings (SSSR count). The van der Waals surface area contributed by atoms with Gasteiger partial charge in [0.1, 0.15) is 5.75 Å². The molecule has 1 fully saturated rings. The average Bonchev–Trinajstić information content (AvgIpc) is 2.82. The quantitative estimate of drug-likeness (QED) is 0.301. The van der Waals surface area contributed by atoms with Gasteiger partial charge in [-0.2, -0.15) is 0 Å². The van der Waals surface area contributed by atoms with Crippen molar-refractivity contribution in [3.63, 3.8) is 0 Å². The van der Waals surface area contributed by atoms with Gasteiger partial charge in [-0.3, -0.25) is 14.4 Å². The molecule has 0 N–H and O–H groups in total. The summed E-state index contributed by atoms with van der Waals surface area (Å²) in [6.07, 6.45) is 6.09. The number of hydrogen-bond donors (Lipinski definition) is 0. The lowest BCUT2D eigenvalue weighted by atomic mass is 9.64. The van der Waals surface area contributed by atoms with Gasteiger partial charge >= 0.3 is 11.9 Å². The van der Waals surface area contributed by atoms with E-state index in [2.05, 4.69) is 6.92 Å². The van der Waals surface area contributed by atoms with E-state index in [9.17, 15) is 14.4 Å². The van der Waals surface area contributed by atoms with E-state index in [0.717, 1.165) is 24.2 Å². The van der Waals surface area contributed by atoms with Gasteiger partial charge < -0.3 is 19.1 Å². The summed E-state index contributed by atoms with van der Waals surface area (Å²) < 4.78 is 15.9. The largest absolute Gasteiger partial charge is 0.497 e. The van der Waals surface area contributed by atoms with Crippen LogP contribution in [0.5, 0.6) is 5.75 Å². The number of carbonyl (C=O) groups excluding carboxylic acids is 3. The Kier molecular flexibility index (Phi) is 8.53. The lowest BCUT2D eigenvalue weighted by Crippen LogP contribution is -2.60. The van der Waals surface area contributed by atoms with E-state index in [0.29, 0.717) is 13.0 Å². The molecule has 1 aliphatic heterocycles. The molecule has 7 nitrogen and oxygen atoms in total. The third-order valence-electron chi connectivity index (χ3n) is 6.61. The van der Waals surface area contributed by atoms with E-state index in [-0.39, 0.29) is 25.2 Å². The second kappa shape index (κ2) is 11.3. The second-order valence-electron chi connectivity index (χ2n) is 8.51. The first kappa shape index (κ1) is 24.8. The minimum Gasteiger partial charge on any atom is -0.497 e. The lowest BCUT2D eigenvalue weighted by molar-refractivity contribution is -0.172. The van der Waals surface area contributed by atoms with Crippen molar-refractivity contribution in [3.05, 3.63) is 42.0 Å².